The zero-order valence-corrected chi connectivity index (χ0v) is 18.5. The summed E-state index contributed by atoms with van der Waals surface area (Å²) in [6.07, 6.45) is 5.17. The van der Waals surface area contributed by atoms with E-state index < -0.39 is 0 Å². The Hall–Kier alpha value is -0.260. The first-order valence-electron chi connectivity index (χ1n) is 9.52. The molecule has 0 atom stereocenters. The third kappa shape index (κ3) is 5.95. The van der Waals surface area contributed by atoms with Crippen molar-refractivity contribution < 1.29 is 0 Å². The largest absolute Gasteiger partial charge is 0.0996 e. The van der Waals surface area contributed by atoms with Crippen LogP contribution < -0.4 is 0 Å². The molecule has 0 heterocycles. The molecule has 0 aliphatic heterocycles. The molecule has 0 N–H and O–H groups in total. The van der Waals surface area contributed by atoms with E-state index in [-0.39, 0.29) is 10.8 Å². The van der Waals surface area contributed by atoms with Gasteiger partial charge in [0.1, 0.15) is 0 Å². The van der Waals surface area contributed by atoms with E-state index in [2.05, 4.69) is 89.7 Å². The maximum atomic E-state index is 4.26. The fourth-order valence-corrected chi connectivity index (χ4v) is 3.54. The Labute approximate surface area is 148 Å². The van der Waals surface area contributed by atoms with Crippen LogP contribution in [0.15, 0.2) is 12.2 Å². The summed E-state index contributed by atoms with van der Waals surface area (Å²) in [6.45, 7) is 33.0. The summed E-state index contributed by atoms with van der Waals surface area (Å²) in [5.74, 6) is 0. The fourth-order valence-electron chi connectivity index (χ4n) is 3.54. The second kappa shape index (κ2) is 6.93. The highest BCUT2D eigenvalue weighted by Gasteiger charge is 2.46. The molecule has 0 aliphatic carbocycles. The number of hydrogen-bond donors (Lipinski definition) is 0. The summed E-state index contributed by atoms with van der Waals surface area (Å²) in [5, 5.41) is 0. The van der Waals surface area contributed by atoms with Crippen LogP contribution in [0.4, 0.5) is 0 Å². The van der Waals surface area contributed by atoms with Gasteiger partial charge >= 0.3 is 0 Å². The molecule has 0 bridgehead atoms. The Morgan fingerprint density at radius 1 is 0.652 bits per heavy atom. The second-order valence-corrected chi connectivity index (χ2v) is 11.6. The van der Waals surface area contributed by atoms with E-state index >= 15 is 0 Å². The van der Waals surface area contributed by atoms with Crippen LogP contribution in [0, 0.1) is 27.1 Å². The highest BCUT2D eigenvalue weighted by atomic mass is 14.5. The first-order valence-corrected chi connectivity index (χ1v) is 9.52. The maximum absolute atomic E-state index is 4.26. The molecule has 0 fully saturated rings. The predicted octanol–water partition coefficient (Wildman–Crippen LogP) is 8.27. The fraction of sp³-hybridized carbons (Fsp3) is 0.913. The molecule has 0 radical (unpaired) electrons. The van der Waals surface area contributed by atoms with E-state index in [9.17, 15) is 0 Å². The van der Waals surface area contributed by atoms with Crippen LogP contribution in [0.3, 0.4) is 0 Å². The molecule has 23 heavy (non-hydrogen) atoms. The lowest BCUT2D eigenvalue weighted by atomic mass is 9.53. The third-order valence-electron chi connectivity index (χ3n) is 7.20. The van der Waals surface area contributed by atoms with Crippen LogP contribution >= 0.6 is 0 Å². The minimum atomic E-state index is 0.158. The lowest BCUT2D eigenvalue weighted by Gasteiger charge is -2.52. The van der Waals surface area contributed by atoms with Crippen molar-refractivity contribution >= 4 is 0 Å². The van der Waals surface area contributed by atoms with Crippen molar-refractivity contribution in [3.05, 3.63) is 12.2 Å². The number of hydrogen-bond acceptors (Lipinski definition) is 0. The topological polar surface area (TPSA) is 0 Å². The molecule has 0 nitrogen and oxygen atoms in total. The SMILES string of the molecule is C=C(C)C(C)(C)C(C)(C)CC(C)(C)C(C)(C)CCCC(C)(C)C. The van der Waals surface area contributed by atoms with Gasteiger partial charge in [0.05, 0.1) is 0 Å². The molecule has 0 aliphatic rings. The van der Waals surface area contributed by atoms with Crippen LogP contribution in [-0.2, 0) is 0 Å². The van der Waals surface area contributed by atoms with E-state index in [1.165, 1.54) is 31.3 Å². The normalized spacial score (nSPS) is 15.0. The standard InChI is InChI=1S/C23H46/c1-18(2)23(12,13)22(10,11)17-21(8,9)20(6,7)16-14-15-19(3,4)5/h1,14-17H2,2-13H3. The molecule has 0 spiro atoms. The van der Waals surface area contributed by atoms with Gasteiger partial charge in [-0.15, -0.1) is 0 Å². The van der Waals surface area contributed by atoms with Gasteiger partial charge in [0.25, 0.3) is 0 Å². The number of rotatable bonds is 8. The Balaban J connectivity index is 5.12. The van der Waals surface area contributed by atoms with Gasteiger partial charge in [0.15, 0.2) is 0 Å². The lowest BCUT2D eigenvalue weighted by molar-refractivity contribution is 0.00239. The van der Waals surface area contributed by atoms with Gasteiger partial charge in [-0.25, -0.2) is 0 Å². The van der Waals surface area contributed by atoms with Crippen LogP contribution in [0.25, 0.3) is 0 Å². The maximum Gasteiger partial charge on any atom is -0.00988 e. The van der Waals surface area contributed by atoms with E-state index in [1.807, 2.05) is 0 Å². The van der Waals surface area contributed by atoms with Crippen LogP contribution in [-0.4, -0.2) is 0 Å². The van der Waals surface area contributed by atoms with Crippen molar-refractivity contribution in [2.24, 2.45) is 27.1 Å². The van der Waals surface area contributed by atoms with Crippen molar-refractivity contribution in [2.75, 3.05) is 0 Å². The van der Waals surface area contributed by atoms with E-state index in [4.69, 9.17) is 0 Å². The first kappa shape index (κ1) is 22.7. The zero-order chi connectivity index (χ0) is 18.9. The highest BCUT2D eigenvalue weighted by molar-refractivity contribution is 5.10. The minimum absolute atomic E-state index is 0.158. The molecule has 0 saturated carbocycles. The molecule has 138 valence electrons. The first-order chi connectivity index (χ1) is 9.86. The van der Waals surface area contributed by atoms with E-state index in [0.29, 0.717) is 16.2 Å². The van der Waals surface area contributed by atoms with Gasteiger partial charge in [0.2, 0.25) is 0 Å². The molecule has 0 saturated heterocycles. The van der Waals surface area contributed by atoms with E-state index in [1.54, 1.807) is 0 Å². The van der Waals surface area contributed by atoms with Crippen molar-refractivity contribution in [3.63, 3.8) is 0 Å². The number of allylic oxidation sites excluding steroid dienone is 1. The predicted molar refractivity (Wildman–Crippen MR) is 108 cm³/mol. The van der Waals surface area contributed by atoms with Gasteiger partial charge in [0, 0.05) is 0 Å². The Morgan fingerprint density at radius 3 is 1.43 bits per heavy atom. The van der Waals surface area contributed by atoms with Crippen LogP contribution in [0.5, 0.6) is 0 Å². The molecule has 0 aromatic rings. The van der Waals surface area contributed by atoms with Gasteiger partial charge in [-0.3, -0.25) is 0 Å². The zero-order valence-electron chi connectivity index (χ0n) is 18.5. The van der Waals surface area contributed by atoms with Gasteiger partial charge in [-0.05, 0) is 53.3 Å². The van der Waals surface area contributed by atoms with Crippen LogP contribution in [0.1, 0.15) is 109 Å². The van der Waals surface area contributed by atoms with Gasteiger partial charge in [-0.1, -0.05) is 94.7 Å². The average molecular weight is 323 g/mol. The molecule has 0 unspecified atom stereocenters. The van der Waals surface area contributed by atoms with Crippen molar-refractivity contribution in [2.45, 2.75) is 109 Å². The highest BCUT2D eigenvalue weighted by Crippen LogP contribution is 2.55. The van der Waals surface area contributed by atoms with Crippen molar-refractivity contribution in [3.8, 4) is 0 Å². The molecule has 0 aromatic heterocycles. The molecular weight excluding hydrogens is 276 g/mol. The van der Waals surface area contributed by atoms with Gasteiger partial charge < -0.3 is 0 Å². The molecule has 0 heteroatoms. The summed E-state index contributed by atoms with van der Waals surface area (Å²) >= 11 is 0. The molecule has 0 aromatic carbocycles. The monoisotopic (exact) mass is 322 g/mol. The average Bonchev–Trinajstić information content (AvgIpc) is 2.24. The molecule has 0 rings (SSSR count). The van der Waals surface area contributed by atoms with Crippen LogP contribution in [0.2, 0.25) is 0 Å². The summed E-state index contributed by atoms with van der Waals surface area (Å²) in [7, 11) is 0. The van der Waals surface area contributed by atoms with Crippen molar-refractivity contribution in [1.29, 1.82) is 0 Å². The Morgan fingerprint density at radius 2 is 1.09 bits per heavy atom. The smallest absolute Gasteiger partial charge is 0.00988 e. The van der Waals surface area contributed by atoms with Crippen molar-refractivity contribution in [1.82, 2.24) is 0 Å². The summed E-state index contributed by atoms with van der Waals surface area (Å²) < 4.78 is 0. The third-order valence-corrected chi connectivity index (χ3v) is 7.20. The van der Waals surface area contributed by atoms with E-state index in [0.717, 1.165) is 0 Å². The minimum Gasteiger partial charge on any atom is -0.0996 e. The molecule has 0 amide bonds. The quantitative estimate of drug-likeness (QED) is 0.394. The lowest BCUT2D eigenvalue weighted by Crippen LogP contribution is -2.42. The Kier molecular flexibility index (Phi) is 6.85. The molecular formula is C23H46. The second-order valence-electron chi connectivity index (χ2n) is 11.6. The Bertz CT molecular complexity index is 396. The summed E-state index contributed by atoms with van der Waals surface area (Å²) in [5.41, 5.74) is 2.79. The van der Waals surface area contributed by atoms with Gasteiger partial charge in [-0.2, -0.15) is 0 Å². The summed E-state index contributed by atoms with van der Waals surface area (Å²) in [4.78, 5) is 0. The summed E-state index contributed by atoms with van der Waals surface area (Å²) in [6, 6.07) is 0.